The maximum Gasteiger partial charge on any atom is 0.180 e. The van der Waals surface area contributed by atoms with Crippen molar-refractivity contribution in [1.82, 2.24) is 0 Å². The average Bonchev–Trinajstić information content (AvgIpc) is 1.54. The normalized spacial score (nSPS) is 13.7. The monoisotopic (exact) mass is 1790 g/mol. The summed E-state index contributed by atoms with van der Waals surface area (Å²) >= 11 is 0. The molecule has 24 aromatic carbocycles. The first-order valence-electron chi connectivity index (χ1n) is 47.8. The molecule has 0 aromatic heterocycles. The van der Waals surface area contributed by atoms with Gasteiger partial charge in [-0.1, -0.05) is 472 Å². The Kier molecular flexibility index (Phi) is 20.0. The Morgan fingerprint density at radius 3 is 0.647 bits per heavy atom. The minimum Gasteiger partial charge on any atom is -0.0623 e. The van der Waals surface area contributed by atoms with Gasteiger partial charge in [0.25, 0.3) is 0 Å². The van der Waals surface area contributed by atoms with Crippen LogP contribution >= 0.6 is 0 Å². The summed E-state index contributed by atoms with van der Waals surface area (Å²) in [5.41, 5.74) is 16.6. The lowest BCUT2D eigenvalue weighted by atomic mass is 9.94. The first-order chi connectivity index (χ1) is 67.1. The lowest BCUT2D eigenvalue weighted by Gasteiger charge is -2.31. The zero-order valence-electron chi connectivity index (χ0n) is 76.5. The zero-order valence-corrected chi connectivity index (χ0v) is 80.5. The Morgan fingerprint density at radius 2 is 0.331 bits per heavy atom. The van der Waals surface area contributed by atoms with Gasteiger partial charge in [-0.25, -0.2) is 0 Å². The molecule has 0 unspecified atom stereocenters. The third kappa shape index (κ3) is 12.7. The Bertz CT molecular complexity index is 8540. The molecule has 0 bridgehead atoms. The fourth-order valence-electron chi connectivity index (χ4n) is 24.7. The number of fused-ring (bicyclic) bond motifs is 24. The standard InChI is InChI=1S/4C33H24Si/c1-23-11-10-12-24-22-30-25(21-29(23)24)19-20-32-33(30)28-17-8-9-18-31(28)34(32,26-13-4-2-5-14-26)27-15-6-3-7-16-27;1-23-11-10-12-24-21-25-19-20-32-33(30(25)22-29(23)24)28-17-8-9-18-31(28)34(32,26-13-4-2-5-14-26)27-15-6-3-7-16-27;1-23-16-17-24-22-30-25(21-26(24)20-23)18-19-32-33(30)29-14-8-9-15-31(29)34(32,27-10-4-2-5-11-27)28-12-6-3-7-13-28;1-23-16-17-24-21-25-18-19-32-33(30(25)22-26(24)20-23)29-14-8-9-15-31(29)34(32,27-10-4-2-5-11-27)28-12-6-3-7-13-28/h4*2-22H,1H3. The van der Waals surface area contributed by atoms with Crippen molar-refractivity contribution < 1.29 is 0 Å². The summed E-state index contributed by atoms with van der Waals surface area (Å²) in [7, 11) is -9.69. The second kappa shape index (κ2) is 33.1. The number of hydrogen-bond donors (Lipinski definition) is 0. The average molecular weight is 1790 g/mol. The Balaban J connectivity index is 0.0000000965. The molecule has 4 aliphatic heterocycles. The molecule has 640 valence electrons. The maximum atomic E-state index is 2.44. The summed E-state index contributed by atoms with van der Waals surface area (Å²) in [4.78, 5) is 0. The molecule has 0 fully saturated rings. The number of rotatable bonds is 8. The van der Waals surface area contributed by atoms with E-state index in [0.29, 0.717) is 0 Å². The predicted molar refractivity (Wildman–Crippen MR) is 595 cm³/mol. The molecule has 0 saturated heterocycles. The van der Waals surface area contributed by atoms with Gasteiger partial charge in [-0.3, -0.25) is 0 Å². The van der Waals surface area contributed by atoms with Gasteiger partial charge >= 0.3 is 0 Å². The molecular weight excluding hydrogens is 1700 g/mol. The maximum absolute atomic E-state index is 2.44. The van der Waals surface area contributed by atoms with Crippen LogP contribution in [0.25, 0.3) is 131 Å². The van der Waals surface area contributed by atoms with Crippen molar-refractivity contribution in [3.8, 4) is 44.5 Å². The van der Waals surface area contributed by atoms with Crippen LogP contribution in [-0.4, -0.2) is 32.3 Å². The van der Waals surface area contributed by atoms with Gasteiger partial charge in [0.15, 0.2) is 32.3 Å². The van der Waals surface area contributed by atoms with Crippen molar-refractivity contribution in [1.29, 1.82) is 0 Å². The molecule has 4 heteroatoms. The van der Waals surface area contributed by atoms with Gasteiger partial charge in [-0.15, -0.1) is 0 Å². The van der Waals surface area contributed by atoms with E-state index in [1.54, 1.807) is 0 Å². The minimum absolute atomic E-state index is 1.30. The van der Waals surface area contributed by atoms with Crippen molar-refractivity contribution in [2.75, 3.05) is 0 Å². The summed E-state index contributed by atoms with van der Waals surface area (Å²) in [5, 5.41) is 44.9. The van der Waals surface area contributed by atoms with Crippen molar-refractivity contribution in [2.24, 2.45) is 0 Å². The molecule has 28 rings (SSSR count). The molecule has 0 amide bonds. The van der Waals surface area contributed by atoms with Crippen LogP contribution in [0.1, 0.15) is 22.3 Å². The highest BCUT2D eigenvalue weighted by molar-refractivity contribution is 7.24. The Hall–Kier alpha value is -15.8. The van der Waals surface area contributed by atoms with E-state index in [1.807, 2.05) is 0 Å². The largest absolute Gasteiger partial charge is 0.180 e. The molecule has 0 nitrogen and oxygen atoms in total. The topological polar surface area (TPSA) is 0 Å². The number of aryl methyl sites for hydroxylation is 4. The summed E-state index contributed by atoms with van der Waals surface area (Å²) in [5.74, 6) is 0. The van der Waals surface area contributed by atoms with Crippen molar-refractivity contribution >= 4 is 201 Å². The third-order valence-corrected chi connectivity index (χ3v) is 49.9. The molecule has 4 aliphatic rings. The molecule has 4 heterocycles. The Labute approximate surface area is 799 Å². The molecule has 0 atom stereocenters. The SMILES string of the molecule is Cc1ccc2cc3c4c(ccc3cc2c1)[Si](c1ccccc1)(c1ccccc1)c1ccccc1-4.Cc1ccc2cc3ccc4c(c3cc2c1)-c1ccccc1[Si]4(c1ccccc1)c1ccccc1.Cc1cccc2cc3c4c(ccc3cc12)[Si](c1ccccc1)(c1ccccc1)c1ccccc1-4.Cc1cccc2cc3ccc4c(c3cc12)-c1ccccc1[Si]4(c1ccccc1)c1ccccc1. The molecule has 136 heavy (non-hydrogen) atoms. The summed E-state index contributed by atoms with van der Waals surface area (Å²) in [6.45, 7) is 8.77. The van der Waals surface area contributed by atoms with E-state index in [4.69, 9.17) is 0 Å². The van der Waals surface area contributed by atoms with Gasteiger partial charge in [0.1, 0.15) is 0 Å². The van der Waals surface area contributed by atoms with E-state index in [9.17, 15) is 0 Å². The van der Waals surface area contributed by atoms with Crippen LogP contribution in [0.4, 0.5) is 0 Å². The van der Waals surface area contributed by atoms with E-state index < -0.39 is 32.3 Å². The number of hydrogen-bond acceptors (Lipinski definition) is 0. The van der Waals surface area contributed by atoms with E-state index in [2.05, 4.69) is 537 Å². The van der Waals surface area contributed by atoms with Crippen LogP contribution in [0.5, 0.6) is 0 Å². The summed E-state index contributed by atoms with van der Waals surface area (Å²) < 4.78 is 0. The minimum atomic E-state index is -2.42. The molecule has 0 saturated carbocycles. The molecule has 0 aliphatic carbocycles. The van der Waals surface area contributed by atoms with Crippen LogP contribution in [-0.2, 0) is 0 Å². The lowest BCUT2D eigenvalue weighted by molar-refractivity contribution is 1.51. The van der Waals surface area contributed by atoms with E-state index >= 15 is 0 Å². The first-order valence-corrected chi connectivity index (χ1v) is 55.8. The van der Waals surface area contributed by atoms with Crippen molar-refractivity contribution in [2.45, 2.75) is 27.7 Å². The molecule has 0 spiro atoms. The van der Waals surface area contributed by atoms with Crippen LogP contribution in [0.15, 0.2) is 510 Å². The first kappa shape index (κ1) is 82.2. The summed E-state index contributed by atoms with van der Waals surface area (Å²) in [6.07, 6.45) is 0. The van der Waals surface area contributed by atoms with Gasteiger partial charge in [0.05, 0.1) is 0 Å². The fraction of sp³-hybridized carbons (Fsp3) is 0.0303. The Morgan fingerprint density at radius 1 is 0.125 bits per heavy atom. The van der Waals surface area contributed by atoms with Crippen LogP contribution in [0.3, 0.4) is 0 Å². The van der Waals surface area contributed by atoms with Gasteiger partial charge in [0.2, 0.25) is 0 Å². The van der Waals surface area contributed by atoms with Gasteiger partial charge in [-0.2, -0.15) is 0 Å². The quantitative estimate of drug-likeness (QED) is 0.105. The van der Waals surface area contributed by atoms with Crippen molar-refractivity contribution in [3.05, 3.63) is 532 Å². The van der Waals surface area contributed by atoms with Crippen molar-refractivity contribution in [3.63, 3.8) is 0 Å². The van der Waals surface area contributed by atoms with Gasteiger partial charge in [-0.05, 0) is 301 Å². The van der Waals surface area contributed by atoms with Gasteiger partial charge < -0.3 is 0 Å². The molecule has 0 N–H and O–H groups in total. The van der Waals surface area contributed by atoms with Crippen LogP contribution in [0, 0.1) is 27.7 Å². The highest BCUT2D eigenvalue weighted by Gasteiger charge is 2.54. The molecule has 0 radical (unpaired) electrons. The summed E-state index contributed by atoms with van der Waals surface area (Å²) in [6, 6.07) is 192. The lowest BCUT2D eigenvalue weighted by Crippen LogP contribution is -2.72. The predicted octanol–water partition coefficient (Wildman–Crippen LogP) is 22.6. The smallest absolute Gasteiger partial charge is 0.0623 e. The second-order valence-electron chi connectivity index (χ2n) is 37.6. The van der Waals surface area contributed by atoms with E-state index in [0.717, 1.165) is 0 Å². The second-order valence-corrected chi connectivity index (χ2v) is 52.6. The molecule has 24 aromatic rings. The fourth-order valence-corrected chi connectivity index (χ4v) is 45.4. The molecular formula is C132H96Si4. The zero-order chi connectivity index (χ0) is 90.8. The highest BCUT2D eigenvalue weighted by atomic mass is 28.3. The third-order valence-electron chi connectivity index (χ3n) is 30.4. The van der Waals surface area contributed by atoms with Crippen LogP contribution < -0.4 is 83.0 Å². The van der Waals surface area contributed by atoms with E-state index in [1.165, 1.54) is 236 Å². The highest BCUT2D eigenvalue weighted by Crippen LogP contribution is 2.43. The number of benzene rings is 24. The van der Waals surface area contributed by atoms with Crippen LogP contribution in [0.2, 0.25) is 0 Å². The van der Waals surface area contributed by atoms with Gasteiger partial charge in [0, 0.05) is 0 Å². The van der Waals surface area contributed by atoms with E-state index in [-0.39, 0.29) is 0 Å².